The summed E-state index contributed by atoms with van der Waals surface area (Å²) in [5.74, 6) is -0.775. The molecule has 0 fully saturated rings. The van der Waals surface area contributed by atoms with Crippen molar-refractivity contribution in [2.24, 2.45) is 42.9 Å². The minimum absolute atomic E-state index is 0. The van der Waals surface area contributed by atoms with Crippen LogP contribution in [0.3, 0.4) is 0 Å². The van der Waals surface area contributed by atoms with Gasteiger partial charge in [0, 0.05) is 34.5 Å². The third kappa shape index (κ3) is 14.5. The Balaban J connectivity index is 0.00000924. The zero-order valence-corrected chi connectivity index (χ0v) is 22.1. The molecule has 10 N–H and O–H groups in total. The van der Waals surface area contributed by atoms with E-state index in [1.54, 1.807) is 0 Å². The number of nitrogens with one attached hydrogen (secondary N) is 2. The van der Waals surface area contributed by atoms with Gasteiger partial charge in [0.25, 0.3) is 0 Å². The number of hydrogen-bond acceptors (Lipinski definition) is 2. The van der Waals surface area contributed by atoms with Crippen molar-refractivity contribution in [3.05, 3.63) is 58.4 Å². The van der Waals surface area contributed by atoms with Crippen LogP contribution in [0.2, 0.25) is 10.0 Å². The zero-order valence-electron chi connectivity index (χ0n) is 26.9. The van der Waals surface area contributed by atoms with Gasteiger partial charge in [-0.05, 0) is 61.2 Å². The first-order chi connectivity index (χ1) is 19.7. The summed E-state index contributed by atoms with van der Waals surface area (Å²) < 4.78 is 62.7. The van der Waals surface area contributed by atoms with Crippen LogP contribution in [-0.2, 0) is 0 Å². The molecule has 198 valence electrons. The van der Waals surface area contributed by atoms with Crippen LogP contribution in [0, 0.1) is 0 Å². The van der Waals surface area contributed by atoms with Gasteiger partial charge in [0.2, 0.25) is 23.8 Å². The minimum atomic E-state index is -0.411. The van der Waals surface area contributed by atoms with Gasteiger partial charge in [0.15, 0.2) is 0 Å². The van der Waals surface area contributed by atoms with E-state index in [-0.39, 0.29) is 70.1 Å². The number of hydrogen-bond donors (Lipinski definition) is 6. The maximum absolute atomic E-state index is 7.91. The van der Waals surface area contributed by atoms with Gasteiger partial charge in [-0.1, -0.05) is 36.0 Å². The molecule has 0 saturated heterocycles. The van der Waals surface area contributed by atoms with Gasteiger partial charge < -0.3 is 33.6 Å². The highest BCUT2D eigenvalue weighted by molar-refractivity contribution is 6.31. The molecule has 0 radical (unpaired) electrons. The van der Waals surface area contributed by atoms with Crippen molar-refractivity contribution in [2.75, 3.05) is 23.7 Å². The first-order valence-electron chi connectivity index (χ1n) is 14.0. The SMILES string of the molecule is Cl.Cl.[2H]c1c([2H])c(N/C(N)=N/C(N)=NCCCCCCN=C(N)/N=C(\N)Nc2c([2H])c([2H])c(Cl)c([2H])c2[2H])c([2H])c([2H])c1Cl. The smallest absolute Gasteiger partial charge is 0.218 e. The molecule has 2 rings (SSSR count). The summed E-state index contributed by atoms with van der Waals surface area (Å²) in [6, 6.07) is -3.25. The Morgan fingerprint density at radius 3 is 1.31 bits per heavy atom. The largest absolute Gasteiger partial charge is 0.369 e. The van der Waals surface area contributed by atoms with Crippen LogP contribution >= 0.6 is 48.0 Å². The zero-order chi connectivity index (χ0) is 31.7. The van der Waals surface area contributed by atoms with Gasteiger partial charge in [-0.15, -0.1) is 24.8 Å². The van der Waals surface area contributed by atoms with Crippen molar-refractivity contribution in [1.82, 2.24) is 0 Å². The second-order valence-corrected chi connectivity index (χ2v) is 7.27. The Hall–Kier alpha value is -2.92. The fourth-order valence-corrected chi connectivity index (χ4v) is 2.50. The van der Waals surface area contributed by atoms with Crippen LogP contribution in [0.25, 0.3) is 0 Å². The Kier molecular flexibility index (Phi) is 10.8. The van der Waals surface area contributed by atoms with E-state index in [2.05, 4.69) is 30.6 Å². The molecule has 0 aliphatic rings. The molecule has 36 heavy (non-hydrogen) atoms. The third-order valence-electron chi connectivity index (χ3n) is 3.78. The van der Waals surface area contributed by atoms with Crippen LogP contribution in [-0.4, -0.2) is 36.9 Å². The highest BCUT2D eigenvalue weighted by atomic mass is 35.5. The lowest BCUT2D eigenvalue weighted by molar-refractivity contribution is 0.653. The average Bonchev–Trinajstić information content (AvgIpc) is 2.94. The number of guanidine groups is 4. The lowest BCUT2D eigenvalue weighted by Gasteiger charge is -2.05. The summed E-state index contributed by atoms with van der Waals surface area (Å²) in [6.45, 7) is 0.729. The predicted octanol–water partition coefficient (Wildman–Crippen LogP) is 4.18. The first kappa shape index (κ1) is 21.2. The van der Waals surface area contributed by atoms with Crippen molar-refractivity contribution in [1.29, 1.82) is 0 Å². The maximum atomic E-state index is 7.91. The molecule has 0 saturated carbocycles. The molecular weight excluding hydrogens is 546 g/mol. The summed E-state index contributed by atoms with van der Waals surface area (Å²) in [4.78, 5) is 15.9. The topological polar surface area (TPSA) is 178 Å². The summed E-state index contributed by atoms with van der Waals surface area (Å²) >= 11 is 11.6. The van der Waals surface area contributed by atoms with Crippen molar-refractivity contribution in [2.45, 2.75) is 25.7 Å². The lowest BCUT2D eigenvalue weighted by atomic mass is 10.2. The van der Waals surface area contributed by atoms with Crippen LogP contribution < -0.4 is 33.6 Å². The predicted molar refractivity (Wildman–Crippen MR) is 159 cm³/mol. The van der Waals surface area contributed by atoms with E-state index < -0.39 is 48.3 Å². The molecule has 0 aliphatic heterocycles. The molecule has 0 aliphatic carbocycles. The number of aliphatic imine (C=N–C) groups is 4. The van der Waals surface area contributed by atoms with E-state index >= 15 is 0 Å². The van der Waals surface area contributed by atoms with E-state index in [0.717, 1.165) is 12.8 Å². The van der Waals surface area contributed by atoms with E-state index in [1.807, 2.05) is 0 Å². The fraction of sp³-hybridized carbons (Fsp3) is 0.273. The molecule has 0 unspecified atom stereocenters. The third-order valence-corrected chi connectivity index (χ3v) is 4.16. The molecule has 2 aromatic rings. The second-order valence-electron chi connectivity index (χ2n) is 6.52. The number of benzene rings is 2. The monoisotopic (exact) mass is 584 g/mol. The van der Waals surface area contributed by atoms with Crippen LogP contribution in [0.1, 0.15) is 36.6 Å². The molecule has 0 amide bonds. The molecule has 0 aromatic heterocycles. The second kappa shape index (κ2) is 18.4. The molecule has 0 bridgehead atoms. The number of halogens is 4. The standard InChI is InChI=1S/C22H30Cl2N10.2ClH/c23-15-5-9-17(10-6-15)31-21(27)33-19(25)29-13-3-1-2-4-14-30-20(26)34-22(28)32-18-11-7-16(24)8-12-18;;/h5-12H,1-4,13-14H2,(H5,25,27,29,31,33)(H5,26,28,30,32,34);2*1H/i5D,6D,7D,8D,9D,10D,11D,12D;;. The quantitative estimate of drug-likeness (QED) is 0.146. The van der Waals surface area contributed by atoms with E-state index in [0.29, 0.717) is 25.9 Å². The number of unbranched alkanes of at least 4 members (excludes halogenated alkanes) is 3. The van der Waals surface area contributed by atoms with Crippen molar-refractivity contribution in [3.63, 3.8) is 0 Å². The Labute approximate surface area is 244 Å². The van der Waals surface area contributed by atoms with Gasteiger partial charge in [-0.3, -0.25) is 9.98 Å². The highest BCUT2D eigenvalue weighted by Crippen LogP contribution is 2.13. The van der Waals surface area contributed by atoms with Crippen molar-refractivity contribution < 1.29 is 11.0 Å². The van der Waals surface area contributed by atoms with Crippen LogP contribution in [0.5, 0.6) is 0 Å². The molecule has 2 aromatic carbocycles. The number of nitrogens with two attached hydrogens (primary N) is 4. The van der Waals surface area contributed by atoms with Gasteiger partial charge in [-0.25, -0.2) is 0 Å². The molecule has 10 nitrogen and oxygen atoms in total. The molecule has 14 heteroatoms. The normalized spacial score (nSPS) is 15.5. The molecule has 0 atom stereocenters. The van der Waals surface area contributed by atoms with Crippen molar-refractivity contribution in [3.8, 4) is 0 Å². The molecule has 0 heterocycles. The van der Waals surface area contributed by atoms with Gasteiger partial charge in [-0.2, -0.15) is 9.98 Å². The van der Waals surface area contributed by atoms with E-state index in [1.165, 1.54) is 0 Å². The van der Waals surface area contributed by atoms with E-state index in [9.17, 15) is 0 Å². The Morgan fingerprint density at radius 1 is 0.639 bits per heavy atom. The summed E-state index contributed by atoms with van der Waals surface area (Å²) in [7, 11) is 0. The average molecular weight is 586 g/mol. The lowest BCUT2D eigenvalue weighted by Crippen LogP contribution is -2.26. The van der Waals surface area contributed by atoms with Gasteiger partial charge in [0.1, 0.15) is 0 Å². The van der Waals surface area contributed by atoms with Crippen LogP contribution in [0.15, 0.2) is 68.3 Å². The first-order valence-corrected chi connectivity index (χ1v) is 10.8. The summed E-state index contributed by atoms with van der Waals surface area (Å²) in [5.41, 5.74) is 22.7. The number of anilines is 2. The highest BCUT2D eigenvalue weighted by Gasteiger charge is 1.99. The molecular formula is C22H32Cl4N10. The molecule has 0 spiro atoms. The van der Waals surface area contributed by atoms with Crippen molar-refractivity contribution >= 4 is 83.2 Å². The Bertz CT molecular complexity index is 1290. The summed E-state index contributed by atoms with van der Waals surface area (Å²) in [6.07, 6.45) is 2.97. The summed E-state index contributed by atoms with van der Waals surface area (Å²) in [5, 5.41) is 4.40. The van der Waals surface area contributed by atoms with E-state index in [4.69, 9.17) is 57.1 Å². The van der Waals surface area contributed by atoms with Crippen LogP contribution in [0.4, 0.5) is 11.4 Å². The van der Waals surface area contributed by atoms with Gasteiger partial charge in [0.05, 0.1) is 11.0 Å². The maximum Gasteiger partial charge on any atom is 0.218 e. The fourth-order valence-electron chi connectivity index (χ4n) is 2.31. The number of rotatable bonds is 9. The van der Waals surface area contributed by atoms with Gasteiger partial charge >= 0.3 is 0 Å². The number of nitrogens with zero attached hydrogens (tertiary/aromatic N) is 4. The minimum Gasteiger partial charge on any atom is -0.369 e. The Morgan fingerprint density at radius 2 is 0.972 bits per heavy atom.